The van der Waals surface area contributed by atoms with Crippen molar-refractivity contribution in [2.45, 2.75) is 18.8 Å². The fourth-order valence-electron chi connectivity index (χ4n) is 4.18. The molecule has 9 heteroatoms. The highest BCUT2D eigenvalue weighted by Gasteiger charge is 2.50. The van der Waals surface area contributed by atoms with Gasteiger partial charge in [0.05, 0.1) is 26.2 Å². The van der Waals surface area contributed by atoms with Gasteiger partial charge in [-0.15, -0.1) is 0 Å². The summed E-state index contributed by atoms with van der Waals surface area (Å²) in [6.07, 6.45) is -1.26. The number of carboxylic acids is 2. The molecule has 3 rings (SSSR count). The van der Waals surface area contributed by atoms with Crippen LogP contribution in [0.25, 0.3) is 11.1 Å². The smallest absolute Gasteiger partial charge is 0.324 e. The molecule has 9 nitrogen and oxygen atoms in total. The number of benzene rings is 2. The third-order valence-electron chi connectivity index (χ3n) is 5.90. The first-order chi connectivity index (χ1) is 16.4. The van der Waals surface area contributed by atoms with Crippen LogP contribution in [0.15, 0.2) is 48.5 Å². The molecule has 0 saturated carbocycles. The first-order valence-electron chi connectivity index (χ1n) is 11.1. The number of carboxylic acid groups (broad SMARTS) is 2. The number of hydrogen-bond donors (Lipinski definition) is 3. The Hall–Kier alpha value is -3.27. The van der Waals surface area contributed by atoms with Crippen molar-refractivity contribution >= 4 is 17.9 Å². The van der Waals surface area contributed by atoms with E-state index in [1.54, 1.807) is 0 Å². The maximum atomic E-state index is 13.1. The summed E-state index contributed by atoms with van der Waals surface area (Å²) in [6.45, 7) is 0.892. The molecular formula is C25H29NO8. The number of carbonyl (C=O) groups excluding carboxylic acids is 1. The van der Waals surface area contributed by atoms with Crippen molar-refractivity contribution in [1.82, 2.24) is 0 Å². The summed E-state index contributed by atoms with van der Waals surface area (Å²) in [5.41, 5.74) is 7.06. The van der Waals surface area contributed by atoms with E-state index in [4.69, 9.17) is 19.9 Å². The van der Waals surface area contributed by atoms with E-state index in [1.165, 1.54) is 0 Å². The van der Waals surface area contributed by atoms with Crippen molar-refractivity contribution in [2.24, 2.45) is 11.1 Å². The zero-order valence-corrected chi connectivity index (χ0v) is 18.8. The van der Waals surface area contributed by atoms with E-state index >= 15 is 0 Å². The summed E-state index contributed by atoms with van der Waals surface area (Å²) in [5.74, 6) is -4.34. The molecule has 0 fully saturated rings. The van der Waals surface area contributed by atoms with E-state index in [2.05, 4.69) is 0 Å². The lowest BCUT2D eigenvalue weighted by Gasteiger charge is -2.26. The second kappa shape index (κ2) is 11.7. The molecule has 2 aromatic rings. The minimum absolute atomic E-state index is 0.102. The van der Waals surface area contributed by atoms with Crippen LogP contribution in [0.3, 0.4) is 0 Å². The molecule has 0 bridgehead atoms. The minimum atomic E-state index is -2.26. The minimum Gasteiger partial charge on any atom is -0.481 e. The van der Waals surface area contributed by atoms with E-state index < -0.39 is 29.7 Å². The molecule has 1 unspecified atom stereocenters. The maximum Gasteiger partial charge on any atom is 0.324 e. The molecule has 1 aliphatic rings. The van der Waals surface area contributed by atoms with Crippen LogP contribution in [-0.4, -0.2) is 67.7 Å². The number of nitrogens with two attached hydrogens (primary N) is 1. The van der Waals surface area contributed by atoms with Crippen molar-refractivity contribution < 1.29 is 38.8 Å². The SMILES string of the molecule is NCCOCCOCCC(CC(=O)O)(C(=O)O)C(=O)OCC1c2ccccc2-c2ccccc21. The zero-order chi connectivity index (χ0) is 24.6. The summed E-state index contributed by atoms with van der Waals surface area (Å²) in [6, 6.07) is 15.5. The van der Waals surface area contributed by atoms with Crippen molar-refractivity contribution in [1.29, 1.82) is 0 Å². The standard InChI is InChI=1S/C25H29NO8/c26-10-12-33-14-13-32-11-9-25(23(29)30,15-22(27)28)24(31)34-16-21-19-7-3-1-5-17(19)18-6-2-4-8-20(18)21/h1-8,21H,9-16,26H2,(H,27,28)(H,29,30). The highest BCUT2D eigenvalue weighted by atomic mass is 16.5. The lowest BCUT2D eigenvalue weighted by Crippen LogP contribution is -2.44. The van der Waals surface area contributed by atoms with Gasteiger partial charge in [0.2, 0.25) is 0 Å². The summed E-state index contributed by atoms with van der Waals surface area (Å²) in [5, 5.41) is 19.2. The molecular weight excluding hydrogens is 442 g/mol. The number of aliphatic carboxylic acids is 2. The van der Waals surface area contributed by atoms with Crippen molar-refractivity contribution in [3.63, 3.8) is 0 Å². The van der Waals surface area contributed by atoms with Gasteiger partial charge in [-0.25, -0.2) is 0 Å². The molecule has 182 valence electrons. The first-order valence-corrected chi connectivity index (χ1v) is 11.1. The Bertz CT molecular complexity index is 978. The van der Waals surface area contributed by atoms with Gasteiger partial charge in [-0.1, -0.05) is 48.5 Å². The van der Waals surface area contributed by atoms with Gasteiger partial charge in [0.1, 0.15) is 6.61 Å². The molecule has 0 saturated heterocycles. The van der Waals surface area contributed by atoms with Gasteiger partial charge < -0.3 is 30.2 Å². The summed E-state index contributed by atoms with van der Waals surface area (Å²) >= 11 is 0. The predicted molar refractivity (Wildman–Crippen MR) is 122 cm³/mol. The highest BCUT2D eigenvalue weighted by Crippen LogP contribution is 2.44. The first kappa shape index (κ1) is 25.4. The van der Waals surface area contributed by atoms with Gasteiger partial charge in [0.25, 0.3) is 0 Å². The van der Waals surface area contributed by atoms with Gasteiger partial charge in [0.15, 0.2) is 5.41 Å². The number of carbonyl (C=O) groups is 3. The molecule has 0 radical (unpaired) electrons. The zero-order valence-electron chi connectivity index (χ0n) is 18.8. The van der Waals surface area contributed by atoms with Gasteiger partial charge in [-0.05, 0) is 28.7 Å². The van der Waals surface area contributed by atoms with E-state index in [1.807, 2.05) is 48.5 Å². The van der Waals surface area contributed by atoms with Crippen LogP contribution in [0.2, 0.25) is 0 Å². The van der Waals surface area contributed by atoms with E-state index in [0.29, 0.717) is 13.2 Å². The Morgan fingerprint density at radius 1 is 0.853 bits per heavy atom. The van der Waals surface area contributed by atoms with Crippen LogP contribution in [0, 0.1) is 5.41 Å². The fraction of sp³-hybridized carbons (Fsp3) is 0.400. The third kappa shape index (κ3) is 5.61. The van der Waals surface area contributed by atoms with Crippen molar-refractivity contribution in [2.75, 3.05) is 39.6 Å². The summed E-state index contributed by atoms with van der Waals surface area (Å²) < 4.78 is 16.0. The van der Waals surface area contributed by atoms with Crippen molar-refractivity contribution in [3.05, 3.63) is 59.7 Å². The Balaban J connectivity index is 1.72. The number of hydrogen-bond acceptors (Lipinski definition) is 7. The Kier molecular flexibility index (Phi) is 8.75. The van der Waals surface area contributed by atoms with Crippen LogP contribution in [0.5, 0.6) is 0 Å². The average molecular weight is 472 g/mol. The average Bonchev–Trinajstić information content (AvgIpc) is 3.14. The van der Waals surface area contributed by atoms with Crippen LogP contribution in [0.4, 0.5) is 0 Å². The molecule has 0 amide bonds. The van der Waals surface area contributed by atoms with Crippen LogP contribution < -0.4 is 5.73 Å². The van der Waals surface area contributed by atoms with Gasteiger partial charge in [0, 0.05) is 19.1 Å². The Labute approximate surface area is 197 Å². The lowest BCUT2D eigenvalue weighted by atomic mass is 9.81. The number of fused-ring (bicyclic) bond motifs is 3. The lowest BCUT2D eigenvalue weighted by molar-refractivity contribution is -0.175. The van der Waals surface area contributed by atoms with E-state index in [-0.39, 0.29) is 38.8 Å². The van der Waals surface area contributed by atoms with Gasteiger partial charge in [-0.3, -0.25) is 14.4 Å². The normalized spacial score (nSPS) is 14.1. The van der Waals surface area contributed by atoms with Gasteiger partial charge >= 0.3 is 17.9 Å². The molecule has 0 spiro atoms. The van der Waals surface area contributed by atoms with Gasteiger partial charge in [-0.2, -0.15) is 0 Å². The third-order valence-corrected chi connectivity index (χ3v) is 5.90. The highest BCUT2D eigenvalue weighted by molar-refractivity contribution is 6.02. The number of ether oxygens (including phenoxy) is 3. The van der Waals surface area contributed by atoms with Crippen LogP contribution in [-0.2, 0) is 28.6 Å². The largest absolute Gasteiger partial charge is 0.481 e. The second-order valence-electron chi connectivity index (χ2n) is 8.05. The topological polar surface area (TPSA) is 145 Å². The second-order valence-corrected chi connectivity index (χ2v) is 8.05. The fourth-order valence-corrected chi connectivity index (χ4v) is 4.18. The number of esters is 1. The van der Waals surface area contributed by atoms with Crippen LogP contribution in [0.1, 0.15) is 29.9 Å². The monoisotopic (exact) mass is 471 g/mol. The molecule has 1 atom stereocenters. The molecule has 4 N–H and O–H groups in total. The predicted octanol–water partition coefficient (Wildman–Crippen LogP) is 2.27. The molecule has 0 aliphatic heterocycles. The van der Waals surface area contributed by atoms with E-state index in [0.717, 1.165) is 22.3 Å². The molecule has 0 aromatic heterocycles. The molecule has 0 heterocycles. The molecule has 1 aliphatic carbocycles. The van der Waals surface area contributed by atoms with Crippen molar-refractivity contribution in [3.8, 4) is 11.1 Å². The Morgan fingerprint density at radius 3 is 1.94 bits per heavy atom. The quantitative estimate of drug-likeness (QED) is 0.214. The molecule has 2 aromatic carbocycles. The maximum absolute atomic E-state index is 13.1. The van der Waals surface area contributed by atoms with Crippen LogP contribution >= 0.6 is 0 Å². The number of rotatable bonds is 14. The Morgan fingerprint density at radius 2 is 1.41 bits per heavy atom. The van der Waals surface area contributed by atoms with E-state index in [9.17, 15) is 24.6 Å². The summed E-state index contributed by atoms with van der Waals surface area (Å²) in [4.78, 5) is 36.7. The summed E-state index contributed by atoms with van der Waals surface area (Å²) in [7, 11) is 0. The molecule has 34 heavy (non-hydrogen) atoms.